The summed E-state index contributed by atoms with van der Waals surface area (Å²) in [5, 5.41) is 13.0. The normalized spacial score (nSPS) is 14.8. The molecule has 0 bridgehead atoms. The molecule has 0 radical (unpaired) electrons. The van der Waals surface area contributed by atoms with E-state index in [1.807, 2.05) is 49.4 Å². The lowest BCUT2D eigenvalue weighted by atomic mass is 9.91. The average molecular weight is 544 g/mol. The van der Waals surface area contributed by atoms with Gasteiger partial charge in [-0.15, -0.1) is 0 Å². The Hall–Kier alpha value is -2.68. The van der Waals surface area contributed by atoms with Crippen LogP contribution in [0.4, 0.5) is 4.79 Å². The van der Waals surface area contributed by atoms with Gasteiger partial charge in [0.15, 0.2) is 8.32 Å². The highest BCUT2D eigenvalue weighted by Gasteiger charge is 2.42. The van der Waals surface area contributed by atoms with Crippen LogP contribution < -0.4 is 10.1 Å². The molecule has 0 fully saturated rings. The van der Waals surface area contributed by atoms with Crippen molar-refractivity contribution in [3.63, 3.8) is 0 Å². The Labute approximate surface area is 229 Å². The van der Waals surface area contributed by atoms with E-state index in [1.54, 1.807) is 32.9 Å². The number of rotatable bonds is 10. The molecule has 0 spiro atoms. The minimum absolute atomic E-state index is 0.0517. The van der Waals surface area contributed by atoms with E-state index in [9.17, 15) is 14.7 Å². The summed E-state index contributed by atoms with van der Waals surface area (Å²) < 4.78 is 17.8. The SMILES string of the molecule is C[C@H]([C@H](O[Si](C)(C)C(C)(C)C)c1ccc(OC(=O)C(C)(C)C)cc1)[C@@H](CO)NC(=O)OCc1ccccc1. The molecule has 2 aromatic carbocycles. The Morgan fingerprint density at radius 3 is 2.03 bits per heavy atom. The largest absolute Gasteiger partial charge is 0.445 e. The van der Waals surface area contributed by atoms with E-state index in [2.05, 4.69) is 39.2 Å². The monoisotopic (exact) mass is 543 g/mol. The van der Waals surface area contributed by atoms with E-state index in [4.69, 9.17) is 13.9 Å². The molecule has 0 aliphatic carbocycles. The van der Waals surface area contributed by atoms with Crippen LogP contribution in [0.2, 0.25) is 18.1 Å². The van der Waals surface area contributed by atoms with Crippen LogP contribution in [0.25, 0.3) is 0 Å². The summed E-state index contributed by atoms with van der Waals surface area (Å²) in [7, 11) is -2.25. The summed E-state index contributed by atoms with van der Waals surface area (Å²) in [6, 6.07) is 16.1. The van der Waals surface area contributed by atoms with Crippen LogP contribution in [0.5, 0.6) is 5.75 Å². The molecule has 3 atom stereocenters. The second-order valence-corrected chi connectivity index (χ2v) is 17.1. The van der Waals surface area contributed by atoms with Crippen LogP contribution in [0.15, 0.2) is 54.6 Å². The fourth-order valence-corrected chi connectivity index (χ4v) is 4.77. The maximum Gasteiger partial charge on any atom is 0.407 e. The van der Waals surface area contributed by atoms with E-state index in [-0.39, 0.29) is 30.1 Å². The number of nitrogens with one attached hydrogen (secondary N) is 1. The van der Waals surface area contributed by atoms with Crippen molar-refractivity contribution in [2.24, 2.45) is 11.3 Å². The zero-order chi connectivity index (χ0) is 28.7. The number of esters is 1. The van der Waals surface area contributed by atoms with Crippen LogP contribution in [0.1, 0.15) is 65.7 Å². The molecular weight excluding hydrogens is 498 g/mol. The molecule has 0 aliphatic rings. The van der Waals surface area contributed by atoms with Gasteiger partial charge in [-0.25, -0.2) is 4.79 Å². The summed E-state index contributed by atoms with van der Waals surface area (Å²) >= 11 is 0. The van der Waals surface area contributed by atoms with Gasteiger partial charge in [0, 0.05) is 5.92 Å². The minimum Gasteiger partial charge on any atom is -0.445 e. The summed E-state index contributed by atoms with van der Waals surface area (Å²) in [5.41, 5.74) is 1.13. The number of ether oxygens (including phenoxy) is 2. The van der Waals surface area contributed by atoms with Gasteiger partial charge in [0.25, 0.3) is 0 Å². The number of alkyl carbamates (subject to hydrolysis) is 1. The standard InChI is InChI=1S/C30H45NO6Si/c1-21(25(19-32)31-28(34)35-20-22-13-11-10-12-14-22)26(37-38(8,9)30(5,6)7)23-15-17-24(18-16-23)36-27(33)29(2,3)4/h10-18,21,25-26,32H,19-20H2,1-9H3,(H,31,34)/t21-,25+,26-/m0/s1. The number of aliphatic hydroxyl groups excluding tert-OH is 1. The fourth-order valence-electron chi connectivity index (χ4n) is 3.43. The zero-order valence-electron chi connectivity index (χ0n) is 24.3. The molecule has 2 aromatic rings. The lowest BCUT2D eigenvalue weighted by Gasteiger charge is -2.42. The number of hydrogen-bond donors (Lipinski definition) is 2. The van der Waals surface area contributed by atoms with Crippen molar-refractivity contribution in [1.29, 1.82) is 0 Å². The van der Waals surface area contributed by atoms with Crippen molar-refractivity contribution in [3.8, 4) is 5.75 Å². The summed E-state index contributed by atoms with van der Waals surface area (Å²) in [5.74, 6) is -0.152. The predicted molar refractivity (Wildman–Crippen MR) is 152 cm³/mol. The Kier molecular flexibility index (Phi) is 10.7. The number of carbonyl (C=O) groups excluding carboxylic acids is 2. The molecule has 0 saturated heterocycles. The molecule has 38 heavy (non-hydrogen) atoms. The summed E-state index contributed by atoms with van der Waals surface area (Å²) in [6.45, 7) is 18.1. The molecule has 0 heterocycles. The average Bonchev–Trinajstić information content (AvgIpc) is 2.84. The van der Waals surface area contributed by atoms with E-state index in [1.165, 1.54) is 0 Å². The molecule has 7 nitrogen and oxygen atoms in total. The molecule has 0 aliphatic heterocycles. The van der Waals surface area contributed by atoms with Crippen LogP contribution >= 0.6 is 0 Å². The molecule has 8 heteroatoms. The highest BCUT2D eigenvalue weighted by Crippen LogP contribution is 2.42. The van der Waals surface area contributed by atoms with Crippen molar-refractivity contribution in [2.45, 2.75) is 85.4 Å². The van der Waals surface area contributed by atoms with Crippen molar-refractivity contribution in [2.75, 3.05) is 6.61 Å². The van der Waals surface area contributed by atoms with Crippen LogP contribution in [0, 0.1) is 11.3 Å². The quantitative estimate of drug-likeness (QED) is 0.199. The molecule has 1 amide bonds. The van der Waals surface area contributed by atoms with E-state index >= 15 is 0 Å². The van der Waals surface area contributed by atoms with Crippen molar-refractivity contribution < 1.29 is 28.6 Å². The third kappa shape index (κ3) is 8.96. The zero-order valence-corrected chi connectivity index (χ0v) is 25.3. The van der Waals surface area contributed by atoms with Gasteiger partial charge in [-0.2, -0.15) is 0 Å². The Morgan fingerprint density at radius 1 is 0.947 bits per heavy atom. The topological polar surface area (TPSA) is 94.1 Å². The smallest absolute Gasteiger partial charge is 0.407 e. The van der Waals surface area contributed by atoms with Crippen molar-refractivity contribution >= 4 is 20.4 Å². The van der Waals surface area contributed by atoms with Crippen molar-refractivity contribution in [3.05, 3.63) is 65.7 Å². The third-order valence-electron chi connectivity index (χ3n) is 7.08. The van der Waals surface area contributed by atoms with Gasteiger partial charge >= 0.3 is 12.1 Å². The second kappa shape index (κ2) is 12.9. The number of carbonyl (C=O) groups is 2. The first-order valence-corrected chi connectivity index (χ1v) is 16.0. The van der Waals surface area contributed by atoms with E-state index < -0.39 is 32.0 Å². The number of amides is 1. The van der Waals surface area contributed by atoms with E-state index in [0.717, 1.165) is 11.1 Å². The molecule has 0 aromatic heterocycles. The van der Waals surface area contributed by atoms with Crippen LogP contribution in [-0.4, -0.2) is 38.1 Å². The lowest BCUT2D eigenvalue weighted by molar-refractivity contribution is -0.143. The van der Waals surface area contributed by atoms with Gasteiger partial charge in [-0.1, -0.05) is 70.2 Å². The Morgan fingerprint density at radius 2 is 1.53 bits per heavy atom. The first-order chi connectivity index (χ1) is 17.5. The maximum absolute atomic E-state index is 12.6. The molecular formula is C30H45NO6Si. The van der Waals surface area contributed by atoms with Gasteiger partial charge in [0.2, 0.25) is 0 Å². The molecule has 0 saturated carbocycles. The fraction of sp³-hybridized carbons (Fsp3) is 0.533. The maximum atomic E-state index is 12.6. The summed E-state index contributed by atoms with van der Waals surface area (Å²) in [6.07, 6.45) is -1.02. The third-order valence-corrected chi connectivity index (χ3v) is 11.5. The predicted octanol–water partition coefficient (Wildman–Crippen LogP) is 6.62. The second-order valence-electron chi connectivity index (χ2n) is 12.4. The lowest BCUT2D eigenvalue weighted by Crippen LogP contribution is -2.48. The molecule has 2 rings (SSSR count). The number of aliphatic hydroxyl groups is 1. The minimum atomic E-state index is -2.25. The first kappa shape index (κ1) is 31.5. The van der Waals surface area contributed by atoms with Crippen LogP contribution in [0.3, 0.4) is 0 Å². The summed E-state index contributed by atoms with van der Waals surface area (Å²) in [4.78, 5) is 24.9. The van der Waals surface area contributed by atoms with Gasteiger partial charge < -0.3 is 24.3 Å². The van der Waals surface area contributed by atoms with Gasteiger partial charge in [0.05, 0.1) is 24.2 Å². The highest BCUT2D eigenvalue weighted by molar-refractivity contribution is 6.74. The molecule has 0 unspecified atom stereocenters. The Bertz CT molecular complexity index is 1040. The highest BCUT2D eigenvalue weighted by atomic mass is 28.4. The van der Waals surface area contributed by atoms with Gasteiger partial charge in [-0.3, -0.25) is 4.79 Å². The number of benzene rings is 2. The first-order valence-electron chi connectivity index (χ1n) is 13.1. The molecule has 210 valence electrons. The van der Waals surface area contributed by atoms with Gasteiger partial charge in [-0.05, 0) is 62.2 Å². The van der Waals surface area contributed by atoms with Crippen LogP contribution in [-0.2, 0) is 20.6 Å². The number of hydrogen-bond acceptors (Lipinski definition) is 6. The Balaban J connectivity index is 2.26. The van der Waals surface area contributed by atoms with Crippen molar-refractivity contribution in [1.82, 2.24) is 5.32 Å². The van der Waals surface area contributed by atoms with E-state index in [0.29, 0.717) is 5.75 Å². The van der Waals surface area contributed by atoms with Gasteiger partial charge in [0.1, 0.15) is 12.4 Å². The molecule has 2 N–H and O–H groups in total.